The number of esters is 1. The van der Waals surface area contributed by atoms with Crippen LogP contribution in [0.3, 0.4) is 0 Å². The Morgan fingerprint density at radius 3 is 1.14 bits per heavy atom. The first-order chi connectivity index (χ1) is 35.2. The number of aromatic nitrogens is 2. The second-order valence-corrected chi connectivity index (χ2v) is 22.9. The fourth-order valence-corrected chi connectivity index (χ4v) is 11.2. The molecule has 77 heavy (non-hydrogen) atoms. The summed E-state index contributed by atoms with van der Waals surface area (Å²) in [5.41, 5.74) is 1.15. The number of aliphatic carboxylic acids is 2. The van der Waals surface area contributed by atoms with Gasteiger partial charge < -0.3 is 24.4 Å². The van der Waals surface area contributed by atoms with Crippen molar-refractivity contribution in [3.8, 4) is 22.5 Å². The highest BCUT2D eigenvalue weighted by Crippen LogP contribution is 2.42. The highest BCUT2D eigenvalue weighted by Gasteiger charge is 2.58. The Hall–Kier alpha value is -5.94. The van der Waals surface area contributed by atoms with Gasteiger partial charge in [-0.3, -0.25) is 19.6 Å². The monoisotopic (exact) mass is 1160 g/mol. The standard InChI is InChI=1S/C25H28F5NO5S.C21H20F5NO5S.C2HF3O2/c1-22(2,3)36-21(32)23(12-14-35-15-13-23)37(33,34)19-7-5-18(6-8-19)20-9-4-17(16-31-20)10-11-24(26,27)25(28,29)30;22-20(23,21(24,25)26)8-7-14-1-6-17(27-13-14)15-2-4-16(5-3-15)33(30,31)19(18(28)29)9-11-32-12-10-19;3-2(4,5)1(6)7/h4-9,16H,10-15H2,1-3H3;1-6,13H,7-12H2,(H,28,29);(H,6,7). The van der Waals surface area contributed by atoms with Crippen LogP contribution in [-0.2, 0) is 61.1 Å². The molecule has 0 amide bonds. The van der Waals surface area contributed by atoms with Crippen molar-refractivity contribution >= 4 is 37.6 Å². The number of pyridine rings is 2. The number of alkyl halides is 13. The van der Waals surface area contributed by atoms with E-state index in [2.05, 4.69) is 9.97 Å². The van der Waals surface area contributed by atoms with Gasteiger partial charge in [0, 0.05) is 88.5 Å². The van der Waals surface area contributed by atoms with Crippen LogP contribution in [0.25, 0.3) is 22.5 Å². The summed E-state index contributed by atoms with van der Waals surface area (Å²) in [6.45, 7) is 5.14. The number of carbonyl (C=O) groups is 3. The number of hydrogen-bond acceptors (Lipinski definition) is 12. The minimum absolute atomic E-state index is 0.00872. The molecule has 2 saturated heterocycles. The summed E-state index contributed by atoms with van der Waals surface area (Å²) in [5, 5.41) is 16.8. The Bertz CT molecular complexity index is 2880. The second-order valence-electron chi connectivity index (χ2n) is 18.4. The van der Waals surface area contributed by atoms with E-state index in [1.165, 1.54) is 85.2 Å². The first-order valence-electron chi connectivity index (χ1n) is 22.6. The Morgan fingerprint density at radius 1 is 0.545 bits per heavy atom. The molecule has 2 aliphatic rings. The molecule has 426 valence electrons. The molecule has 6 rings (SSSR count). The molecule has 2 aromatic heterocycles. The molecule has 4 heterocycles. The van der Waals surface area contributed by atoms with Crippen molar-refractivity contribution in [1.29, 1.82) is 0 Å². The number of carbonyl (C=O) groups excluding carboxylic acids is 1. The summed E-state index contributed by atoms with van der Waals surface area (Å²) in [5.74, 6) is -14.6. The number of halogens is 13. The summed E-state index contributed by atoms with van der Waals surface area (Å²) in [6, 6.07) is 16.6. The quantitative estimate of drug-likeness (QED) is 0.0888. The summed E-state index contributed by atoms with van der Waals surface area (Å²) in [7, 11) is -8.40. The number of aryl methyl sites for hydroxylation is 2. The first kappa shape index (κ1) is 63.6. The van der Waals surface area contributed by atoms with Gasteiger partial charge in [0.25, 0.3) is 0 Å². The number of benzene rings is 2. The van der Waals surface area contributed by atoms with Crippen LogP contribution in [0.5, 0.6) is 0 Å². The zero-order valence-electron chi connectivity index (χ0n) is 40.7. The third kappa shape index (κ3) is 15.4. The molecule has 0 spiro atoms. The maximum absolute atomic E-state index is 13.6. The maximum Gasteiger partial charge on any atom is 0.490 e. The predicted octanol–water partition coefficient (Wildman–Crippen LogP) is 10.5. The lowest BCUT2D eigenvalue weighted by Gasteiger charge is -2.36. The van der Waals surface area contributed by atoms with Crippen LogP contribution < -0.4 is 0 Å². The van der Waals surface area contributed by atoms with Crippen LogP contribution in [0.1, 0.15) is 70.4 Å². The van der Waals surface area contributed by atoms with Crippen LogP contribution in [0.4, 0.5) is 57.1 Å². The SMILES string of the molecule is CC(C)(C)OC(=O)C1(S(=O)(=O)c2ccc(-c3ccc(CCC(F)(F)C(F)(F)F)cn3)cc2)CCOCC1.O=C(O)C(F)(F)F.O=C(O)C1(S(=O)(=O)c2ccc(-c3ccc(CCC(F)(F)C(F)(F)F)cn3)cc2)CCOCC1. The number of ether oxygens (including phenoxy) is 3. The van der Waals surface area contributed by atoms with Gasteiger partial charge in [-0.05, 0) is 81.1 Å². The van der Waals surface area contributed by atoms with Crippen LogP contribution in [0.15, 0.2) is 95.0 Å². The van der Waals surface area contributed by atoms with E-state index in [4.69, 9.17) is 24.1 Å². The molecule has 2 aliphatic heterocycles. The van der Waals surface area contributed by atoms with Crippen molar-refractivity contribution in [1.82, 2.24) is 9.97 Å². The van der Waals surface area contributed by atoms with Gasteiger partial charge in [0.1, 0.15) is 5.60 Å². The zero-order valence-corrected chi connectivity index (χ0v) is 42.3. The molecule has 4 aromatic rings. The Balaban J connectivity index is 0.000000297. The molecule has 0 aliphatic carbocycles. The van der Waals surface area contributed by atoms with Gasteiger partial charge in [0.15, 0.2) is 29.2 Å². The molecule has 2 fully saturated rings. The fraction of sp³-hybridized carbons (Fsp3) is 0.479. The van der Waals surface area contributed by atoms with E-state index >= 15 is 0 Å². The van der Waals surface area contributed by atoms with Gasteiger partial charge in [0.2, 0.25) is 0 Å². The average Bonchev–Trinajstić information content (AvgIpc) is 3.34. The molecule has 29 heteroatoms. The lowest BCUT2D eigenvalue weighted by atomic mass is 9.99. The van der Waals surface area contributed by atoms with E-state index in [0.29, 0.717) is 22.5 Å². The molecule has 0 unspecified atom stereocenters. The minimum atomic E-state index is -5.62. The van der Waals surface area contributed by atoms with Gasteiger partial charge in [-0.2, -0.15) is 57.1 Å². The second kappa shape index (κ2) is 24.0. The van der Waals surface area contributed by atoms with Crippen molar-refractivity contribution in [2.45, 2.75) is 127 Å². The molecule has 2 aromatic carbocycles. The number of rotatable bonds is 14. The van der Waals surface area contributed by atoms with Gasteiger partial charge in [0.05, 0.1) is 21.2 Å². The van der Waals surface area contributed by atoms with Crippen molar-refractivity contribution in [2.24, 2.45) is 0 Å². The first-order valence-corrected chi connectivity index (χ1v) is 25.6. The normalized spacial score (nSPS) is 16.4. The van der Waals surface area contributed by atoms with Crippen LogP contribution >= 0.6 is 0 Å². The summed E-state index contributed by atoms with van der Waals surface area (Å²) in [6.07, 6.45) is -18.3. The molecular weight excluding hydrogens is 1110 g/mol. The van der Waals surface area contributed by atoms with E-state index in [1.54, 1.807) is 20.8 Å². The molecular formula is C48H49F13N2O12S2. The molecule has 0 bridgehead atoms. The Morgan fingerprint density at radius 2 is 0.870 bits per heavy atom. The predicted molar refractivity (Wildman–Crippen MR) is 245 cm³/mol. The van der Waals surface area contributed by atoms with Crippen molar-refractivity contribution in [3.05, 3.63) is 96.3 Å². The number of sulfone groups is 2. The van der Waals surface area contributed by atoms with Crippen molar-refractivity contribution in [3.63, 3.8) is 0 Å². The summed E-state index contributed by atoms with van der Waals surface area (Å²) < 4.78 is 224. The largest absolute Gasteiger partial charge is 0.490 e. The third-order valence-electron chi connectivity index (χ3n) is 11.9. The van der Waals surface area contributed by atoms with E-state index < -0.39 is 109 Å². The van der Waals surface area contributed by atoms with E-state index in [1.807, 2.05) is 0 Å². The molecule has 14 nitrogen and oxygen atoms in total. The molecule has 2 N–H and O–H groups in total. The van der Waals surface area contributed by atoms with Crippen LogP contribution in [-0.4, -0.2) is 127 Å². The third-order valence-corrected chi connectivity index (χ3v) is 16.9. The highest BCUT2D eigenvalue weighted by molar-refractivity contribution is 7.94. The van der Waals surface area contributed by atoms with Gasteiger partial charge in [-0.25, -0.2) is 21.6 Å². The van der Waals surface area contributed by atoms with E-state index in [-0.39, 0.29) is 73.0 Å². The van der Waals surface area contributed by atoms with Crippen molar-refractivity contribution < 1.29 is 113 Å². The van der Waals surface area contributed by atoms with E-state index in [0.717, 1.165) is 0 Å². The van der Waals surface area contributed by atoms with Gasteiger partial charge >= 0.3 is 48.3 Å². The van der Waals surface area contributed by atoms with Crippen molar-refractivity contribution in [2.75, 3.05) is 26.4 Å². The number of nitrogens with zero attached hydrogens (tertiary/aromatic N) is 2. The minimum Gasteiger partial charge on any atom is -0.480 e. The summed E-state index contributed by atoms with van der Waals surface area (Å²) in [4.78, 5) is 41.7. The number of carboxylic acids is 2. The summed E-state index contributed by atoms with van der Waals surface area (Å²) >= 11 is 0. The highest BCUT2D eigenvalue weighted by atomic mass is 32.2. The Kier molecular flexibility index (Phi) is 19.8. The molecule has 0 saturated carbocycles. The lowest BCUT2D eigenvalue weighted by molar-refractivity contribution is -0.284. The van der Waals surface area contributed by atoms with E-state index in [9.17, 15) is 88.6 Å². The van der Waals surface area contributed by atoms with Gasteiger partial charge in [-0.1, -0.05) is 36.4 Å². The topological polar surface area (TPSA) is 213 Å². The maximum atomic E-state index is 13.6. The molecule has 0 radical (unpaired) electrons. The number of carboxylic acid groups (broad SMARTS) is 2. The van der Waals surface area contributed by atoms with Crippen LogP contribution in [0, 0.1) is 0 Å². The zero-order chi connectivity index (χ0) is 58.3. The fourth-order valence-electron chi connectivity index (χ4n) is 7.39. The smallest absolute Gasteiger partial charge is 0.480 e. The molecule has 0 atom stereocenters. The Labute approximate surface area is 431 Å². The van der Waals surface area contributed by atoms with Gasteiger partial charge in [-0.15, -0.1) is 0 Å². The number of hydrogen-bond donors (Lipinski definition) is 2. The van der Waals surface area contributed by atoms with Crippen LogP contribution in [0.2, 0.25) is 0 Å². The lowest BCUT2D eigenvalue weighted by Crippen LogP contribution is -2.53. The average molecular weight is 1160 g/mol.